The highest BCUT2D eigenvalue weighted by Crippen LogP contribution is 2.09. The second kappa shape index (κ2) is 7.01. The summed E-state index contributed by atoms with van der Waals surface area (Å²) in [6, 6.07) is 7.27. The molecule has 1 aromatic rings. The summed E-state index contributed by atoms with van der Waals surface area (Å²) in [5.41, 5.74) is 1.89. The molecule has 0 heterocycles. The van der Waals surface area contributed by atoms with Crippen LogP contribution in [0.5, 0.6) is 0 Å². The largest absolute Gasteiger partial charge is 0.391 e. The SMILES string of the molecule is CCC(C)C(O)CNC(=O)Nc1ccc(C)cc1. The molecule has 0 bridgehead atoms. The summed E-state index contributed by atoms with van der Waals surface area (Å²) >= 11 is 0. The lowest BCUT2D eigenvalue weighted by Gasteiger charge is -2.17. The van der Waals surface area contributed by atoms with Crippen LogP contribution in [-0.2, 0) is 0 Å². The lowest BCUT2D eigenvalue weighted by molar-refractivity contribution is 0.115. The first-order chi connectivity index (χ1) is 8.52. The number of aliphatic hydroxyl groups is 1. The van der Waals surface area contributed by atoms with Gasteiger partial charge in [-0.3, -0.25) is 0 Å². The molecule has 1 rings (SSSR count). The van der Waals surface area contributed by atoms with Gasteiger partial charge in [0.2, 0.25) is 0 Å². The Bertz CT molecular complexity index is 376. The second-order valence-electron chi connectivity index (χ2n) is 4.65. The zero-order chi connectivity index (χ0) is 13.5. The lowest BCUT2D eigenvalue weighted by atomic mass is 10.0. The summed E-state index contributed by atoms with van der Waals surface area (Å²) < 4.78 is 0. The van der Waals surface area contributed by atoms with Crippen molar-refractivity contribution in [2.45, 2.75) is 33.3 Å². The maximum atomic E-state index is 11.6. The first kappa shape index (κ1) is 14.5. The Labute approximate surface area is 108 Å². The normalized spacial score (nSPS) is 13.8. The van der Waals surface area contributed by atoms with Crippen molar-refractivity contribution in [2.75, 3.05) is 11.9 Å². The van der Waals surface area contributed by atoms with Crippen LogP contribution in [0.1, 0.15) is 25.8 Å². The van der Waals surface area contributed by atoms with E-state index in [1.807, 2.05) is 45.0 Å². The number of amides is 2. The maximum absolute atomic E-state index is 11.6. The molecule has 0 radical (unpaired) electrons. The zero-order valence-corrected chi connectivity index (χ0v) is 11.2. The van der Waals surface area contributed by atoms with E-state index >= 15 is 0 Å². The summed E-state index contributed by atoms with van der Waals surface area (Å²) in [5, 5.41) is 15.1. The van der Waals surface area contributed by atoms with Crippen molar-refractivity contribution >= 4 is 11.7 Å². The van der Waals surface area contributed by atoms with Gasteiger partial charge in [-0.05, 0) is 25.0 Å². The Morgan fingerprint density at radius 3 is 2.50 bits per heavy atom. The fourth-order valence-electron chi connectivity index (χ4n) is 1.48. The minimum absolute atomic E-state index is 0.185. The van der Waals surface area contributed by atoms with Crippen LogP contribution in [0.2, 0.25) is 0 Å². The molecule has 0 spiro atoms. The van der Waals surface area contributed by atoms with E-state index in [9.17, 15) is 9.90 Å². The predicted octanol–water partition coefficient (Wildman–Crippen LogP) is 2.52. The highest BCUT2D eigenvalue weighted by atomic mass is 16.3. The summed E-state index contributed by atoms with van der Waals surface area (Å²) in [6.07, 6.45) is 0.390. The molecular formula is C14H22N2O2. The smallest absolute Gasteiger partial charge is 0.319 e. The highest BCUT2D eigenvalue weighted by molar-refractivity contribution is 5.89. The summed E-state index contributed by atoms with van der Waals surface area (Å²) in [6.45, 7) is 6.24. The van der Waals surface area contributed by atoms with Crippen LogP contribution in [0.3, 0.4) is 0 Å². The number of anilines is 1. The molecule has 2 amide bonds. The van der Waals surface area contributed by atoms with Crippen LogP contribution in [0.4, 0.5) is 10.5 Å². The minimum Gasteiger partial charge on any atom is -0.391 e. The summed E-state index contributed by atoms with van der Waals surface area (Å²) in [7, 11) is 0. The highest BCUT2D eigenvalue weighted by Gasteiger charge is 2.13. The van der Waals surface area contributed by atoms with Gasteiger partial charge in [0.05, 0.1) is 6.10 Å². The Hall–Kier alpha value is -1.55. The van der Waals surface area contributed by atoms with Crippen LogP contribution < -0.4 is 10.6 Å². The Morgan fingerprint density at radius 2 is 1.94 bits per heavy atom. The van der Waals surface area contributed by atoms with Gasteiger partial charge >= 0.3 is 6.03 Å². The molecule has 0 aliphatic carbocycles. The van der Waals surface area contributed by atoms with Gasteiger partial charge in [0.1, 0.15) is 0 Å². The molecule has 2 unspecified atom stereocenters. The third-order valence-electron chi connectivity index (χ3n) is 3.08. The van der Waals surface area contributed by atoms with Crippen molar-refractivity contribution in [1.82, 2.24) is 5.32 Å². The van der Waals surface area contributed by atoms with Gasteiger partial charge in [0.25, 0.3) is 0 Å². The van der Waals surface area contributed by atoms with Gasteiger partial charge in [-0.15, -0.1) is 0 Å². The number of nitrogens with one attached hydrogen (secondary N) is 2. The van der Waals surface area contributed by atoms with Gasteiger partial charge < -0.3 is 15.7 Å². The van der Waals surface area contributed by atoms with Gasteiger partial charge in [0, 0.05) is 12.2 Å². The van der Waals surface area contributed by atoms with E-state index < -0.39 is 6.10 Å². The van der Waals surface area contributed by atoms with E-state index in [4.69, 9.17) is 0 Å². The van der Waals surface area contributed by atoms with Gasteiger partial charge in [-0.1, -0.05) is 38.0 Å². The van der Waals surface area contributed by atoms with E-state index in [-0.39, 0.29) is 18.5 Å². The monoisotopic (exact) mass is 250 g/mol. The molecule has 0 aliphatic heterocycles. The van der Waals surface area contributed by atoms with E-state index in [0.717, 1.165) is 17.7 Å². The molecule has 2 atom stereocenters. The molecule has 4 nitrogen and oxygen atoms in total. The van der Waals surface area contributed by atoms with Crippen LogP contribution in [0, 0.1) is 12.8 Å². The lowest BCUT2D eigenvalue weighted by Crippen LogP contribution is -2.37. The zero-order valence-electron chi connectivity index (χ0n) is 11.2. The van der Waals surface area contributed by atoms with E-state index in [1.54, 1.807) is 0 Å². The van der Waals surface area contributed by atoms with Gasteiger partial charge in [-0.25, -0.2) is 4.79 Å². The number of aliphatic hydroxyl groups excluding tert-OH is 1. The Balaban J connectivity index is 2.36. The average Bonchev–Trinajstić information content (AvgIpc) is 2.37. The van der Waals surface area contributed by atoms with E-state index in [1.165, 1.54) is 0 Å². The molecule has 0 saturated heterocycles. The number of hydrogen-bond donors (Lipinski definition) is 3. The fraction of sp³-hybridized carbons (Fsp3) is 0.500. The van der Waals surface area contributed by atoms with Crippen molar-refractivity contribution in [3.05, 3.63) is 29.8 Å². The average molecular weight is 250 g/mol. The molecule has 18 heavy (non-hydrogen) atoms. The third-order valence-corrected chi connectivity index (χ3v) is 3.08. The first-order valence-corrected chi connectivity index (χ1v) is 6.32. The number of hydrogen-bond acceptors (Lipinski definition) is 2. The standard InChI is InChI=1S/C14H22N2O2/c1-4-11(3)13(17)9-15-14(18)16-12-7-5-10(2)6-8-12/h5-8,11,13,17H,4,9H2,1-3H3,(H2,15,16,18). The van der Waals surface area contributed by atoms with Crippen molar-refractivity contribution in [1.29, 1.82) is 0 Å². The van der Waals surface area contributed by atoms with Gasteiger partial charge in [-0.2, -0.15) is 0 Å². The number of urea groups is 1. The molecule has 4 heteroatoms. The molecule has 0 fully saturated rings. The van der Waals surface area contributed by atoms with E-state index in [0.29, 0.717) is 0 Å². The quantitative estimate of drug-likeness (QED) is 0.752. The van der Waals surface area contributed by atoms with Crippen molar-refractivity contribution in [2.24, 2.45) is 5.92 Å². The first-order valence-electron chi connectivity index (χ1n) is 6.32. The van der Waals surface area contributed by atoms with Gasteiger partial charge in [0.15, 0.2) is 0 Å². The number of carbonyl (C=O) groups is 1. The van der Waals surface area contributed by atoms with Crippen molar-refractivity contribution < 1.29 is 9.90 Å². The Morgan fingerprint density at radius 1 is 1.33 bits per heavy atom. The van der Waals surface area contributed by atoms with Crippen molar-refractivity contribution in [3.63, 3.8) is 0 Å². The maximum Gasteiger partial charge on any atom is 0.319 e. The fourth-order valence-corrected chi connectivity index (χ4v) is 1.48. The molecule has 0 aromatic heterocycles. The molecule has 0 saturated carbocycles. The van der Waals surface area contributed by atoms with Crippen LogP contribution in [0.15, 0.2) is 24.3 Å². The van der Waals surface area contributed by atoms with E-state index in [2.05, 4.69) is 10.6 Å². The summed E-state index contributed by atoms with van der Waals surface area (Å²) in [5.74, 6) is 0.185. The number of carbonyl (C=O) groups excluding carboxylic acids is 1. The van der Waals surface area contributed by atoms with Crippen LogP contribution in [0.25, 0.3) is 0 Å². The molecular weight excluding hydrogens is 228 g/mol. The minimum atomic E-state index is -0.501. The number of aryl methyl sites for hydroxylation is 1. The predicted molar refractivity (Wildman–Crippen MR) is 73.7 cm³/mol. The second-order valence-corrected chi connectivity index (χ2v) is 4.65. The molecule has 0 aliphatic rings. The topological polar surface area (TPSA) is 61.4 Å². The third kappa shape index (κ3) is 4.75. The summed E-state index contributed by atoms with van der Waals surface area (Å²) in [4.78, 5) is 11.6. The molecule has 1 aromatic carbocycles. The molecule has 100 valence electrons. The van der Waals surface area contributed by atoms with Crippen LogP contribution >= 0.6 is 0 Å². The number of benzene rings is 1. The van der Waals surface area contributed by atoms with Crippen LogP contribution in [-0.4, -0.2) is 23.8 Å². The number of rotatable bonds is 5. The Kier molecular flexibility index (Phi) is 5.65. The van der Waals surface area contributed by atoms with Crippen molar-refractivity contribution in [3.8, 4) is 0 Å². The molecule has 3 N–H and O–H groups in total.